The molecular formula is C13H14F3NO3. The van der Waals surface area contributed by atoms with E-state index in [1.54, 1.807) is 26.0 Å². The third kappa shape index (κ3) is 4.25. The molecule has 1 aromatic rings. The molecule has 0 aliphatic rings. The lowest BCUT2D eigenvalue weighted by Gasteiger charge is -2.23. The summed E-state index contributed by atoms with van der Waals surface area (Å²) in [4.78, 5) is 23.0. The summed E-state index contributed by atoms with van der Waals surface area (Å²) in [7, 11) is 0. The zero-order valence-electron chi connectivity index (χ0n) is 11.0. The minimum atomic E-state index is -4.65. The molecule has 0 radical (unpaired) electrons. The van der Waals surface area contributed by atoms with Gasteiger partial charge >= 0.3 is 12.1 Å². The van der Waals surface area contributed by atoms with Crippen molar-refractivity contribution in [3.63, 3.8) is 0 Å². The molecule has 110 valence electrons. The second kappa shape index (κ2) is 5.94. The van der Waals surface area contributed by atoms with Crippen LogP contribution in [0.5, 0.6) is 0 Å². The Labute approximate surface area is 113 Å². The number of hydrogen-bond acceptors (Lipinski definition) is 2. The Morgan fingerprint density at radius 1 is 1.25 bits per heavy atom. The van der Waals surface area contributed by atoms with E-state index in [1.807, 2.05) is 0 Å². The molecule has 0 spiro atoms. The number of aliphatic carboxylic acids is 1. The molecule has 1 amide bonds. The number of carbonyl (C=O) groups is 2. The van der Waals surface area contributed by atoms with Crippen molar-refractivity contribution in [1.82, 2.24) is 4.90 Å². The van der Waals surface area contributed by atoms with E-state index in [0.29, 0.717) is 5.56 Å². The van der Waals surface area contributed by atoms with Gasteiger partial charge in [0.1, 0.15) is 13.1 Å². The molecule has 7 heteroatoms. The van der Waals surface area contributed by atoms with E-state index in [-0.39, 0.29) is 10.5 Å². The van der Waals surface area contributed by atoms with Crippen molar-refractivity contribution >= 4 is 11.9 Å². The lowest BCUT2D eigenvalue weighted by Crippen LogP contribution is -2.42. The van der Waals surface area contributed by atoms with Crippen LogP contribution in [-0.4, -0.2) is 41.1 Å². The van der Waals surface area contributed by atoms with Crippen molar-refractivity contribution in [3.05, 3.63) is 34.9 Å². The maximum Gasteiger partial charge on any atom is 0.406 e. The summed E-state index contributed by atoms with van der Waals surface area (Å²) in [6.07, 6.45) is -4.65. The van der Waals surface area contributed by atoms with Gasteiger partial charge in [-0.2, -0.15) is 13.2 Å². The van der Waals surface area contributed by atoms with E-state index in [0.717, 1.165) is 5.56 Å². The van der Waals surface area contributed by atoms with Gasteiger partial charge in [-0.15, -0.1) is 0 Å². The fourth-order valence-corrected chi connectivity index (χ4v) is 1.73. The van der Waals surface area contributed by atoms with E-state index in [1.165, 1.54) is 6.07 Å². The molecule has 1 N–H and O–H groups in total. The second-order valence-electron chi connectivity index (χ2n) is 4.42. The summed E-state index contributed by atoms with van der Waals surface area (Å²) in [6.45, 7) is 0.740. The SMILES string of the molecule is Cc1cccc(C(=O)N(CC(=O)O)CC(F)(F)F)c1C. The fraction of sp³-hybridized carbons (Fsp3) is 0.385. The highest BCUT2D eigenvalue weighted by Crippen LogP contribution is 2.20. The van der Waals surface area contributed by atoms with Crippen molar-refractivity contribution in [2.24, 2.45) is 0 Å². The highest BCUT2D eigenvalue weighted by Gasteiger charge is 2.34. The molecule has 0 aromatic heterocycles. The van der Waals surface area contributed by atoms with Crippen LogP contribution in [0.4, 0.5) is 13.2 Å². The van der Waals surface area contributed by atoms with Gasteiger partial charge < -0.3 is 10.0 Å². The van der Waals surface area contributed by atoms with Gasteiger partial charge in [0.2, 0.25) is 0 Å². The summed E-state index contributed by atoms with van der Waals surface area (Å²) in [6, 6.07) is 4.65. The molecule has 0 saturated heterocycles. The molecule has 0 heterocycles. The van der Waals surface area contributed by atoms with E-state index < -0.39 is 31.1 Å². The number of halogens is 3. The highest BCUT2D eigenvalue weighted by molar-refractivity contribution is 5.97. The molecule has 0 fully saturated rings. The Balaban J connectivity index is 3.10. The summed E-state index contributed by atoms with van der Waals surface area (Å²) >= 11 is 0. The summed E-state index contributed by atoms with van der Waals surface area (Å²) in [5, 5.41) is 8.64. The summed E-state index contributed by atoms with van der Waals surface area (Å²) in [5.74, 6) is -2.43. The molecular weight excluding hydrogens is 275 g/mol. The number of rotatable bonds is 4. The predicted octanol–water partition coefficient (Wildman–Crippen LogP) is 2.39. The Morgan fingerprint density at radius 2 is 1.85 bits per heavy atom. The first-order chi connectivity index (χ1) is 9.11. The fourth-order valence-electron chi connectivity index (χ4n) is 1.73. The van der Waals surface area contributed by atoms with E-state index in [4.69, 9.17) is 5.11 Å². The molecule has 0 aliphatic carbocycles. The van der Waals surface area contributed by atoms with Gasteiger partial charge in [-0.25, -0.2) is 0 Å². The van der Waals surface area contributed by atoms with Crippen LogP contribution in [0, 0.1) is 13.8 Å². The topological polar surface area (TPSA) is 57.6 Å². The van der Waals surface area contributed by atoms with Crippen LogP contribution in [0.25, 0.3) is 0 Å². The minimum Gasteiger partial charge on any atom is -0.480 e. The van der Waals surface area contributed by atoms with Crippen LogP contribution in [0.15, 0.2) is 18.2 Å². The number of carbonyl (C=O) groups excluding carboxylic acids is 1. The van der Waals surface area contributed by atoms with Crippen LogP contribution in [0.2, 0.25) is 0 Å². The summed E-state index contributed by atoms with van der Waals surface area (Å²) in [5.41, 5.74) is 1.36. The van der Waals surface area contributed by atoms with E-state index in [2.05, 4.69) is 0 Å². The van der Waals surface area contributed by atoms with E-state index >= 15 is 0 Å². The van der Waals surface area contributed by atoms with Gasteiger partial charge in [0.25, 0.3) is 5.91 Å². The molecule has 1 rings (SSSR count). The predicted molar refractivity (Wildman–Crippen MR) is 65.5 cm³/mol. The minimum absolute atomic E-state index is 0.0792. The van der Waals surface area contributed by atoms with Gasteiger partial charge in [-0.1, -0.05) is 12.1 Å². The van der Waals surface area contributed by atoms with Crippen LogP contribution < -0.4 is 0 Å². The van der Waals surface area contributed by atoms with Crippen LogP contribution >= 0.6 is 0 Å². The quantitative estimate of drug-likeness (QED) is 0.926. The van der Waals surface area contributed by atoms with Crippen LogP contribution in [-0.2, 0) is 4.79 Å². The Hall–Kier alpha value is -2.05. The largest absolute Gasteiger partial charge is 0.480 e. The van der Waals surface area contributed by atoms with Gasteiger partial charge in [0, 0.05) is 5.56 Å². The van der Waals surface area contributed by atoms with Gasteiger partial charge in [0.15, 0.2) is 0 Å². The molecule has 0 unspecified atom stereocenters. The van der Waals surface area contributed by atoms with Crippen molar-refractivity contribution in [3.8, 4) is 0 Å². The first-order valence-electron chi connectivity index (χ1n) is 5.76. The van der Waals surface area contributed by atoms with E-state index in [9.17, 15) is 22.8 Å². The lowest BCUT2D eigenvalue weighted by atomic mass is 10.0. The van der Waals surface area contributed by atoms with Crippen molar-refractivity contribution < 1.29 is 27.9 Å². The third-order valence-electron chi connectivity index (χ3n) is 2.82. The van der Waals surface area contributed by atoms with Crippen LogP contribution in [0.1, 0.15) is 21.5 Å². The number of benzene rings is 1. The van der Waals surface area contributed by atoms with Gasteiger partial charge in [-0.05, 0) is 31.0 Å². The molecule has 4 nitrogen and oxygen atoms in total. The monoisotopic (exact) mass is 289 g/mol. The Bertz CT molecular complexity index is 526. The van der Waals surface area contributed by atoms with Crippen LogP contribution in [0.3, 0.4) is 0 Å². The maximum atomic E-state index is 12.4. The van der Waals surface area contributed by atoms with Gasteiger partial charge in [0.05, 0.1) is 0 Å². The number of alkyl halides is 3. The normalized spacial score (nSPS) is 11.2. The molecule has 1 aromatic carbocycles. The molecule has 0 atom stereocenters. The average Bonchev–Trinajstić information content (AvgIpc) is 2.28. The molecule has 20 heavy (non-hydrogen) atoms. The zero-order valence-corrected chi connectivity index (χ0v) is 11.0. The Kier molecular flexibility index (Phi) is 4.75. The standard InChI is InChI=1S/C13H14F3NO3/c1-8-4-3-5-10(9(8)2)12(20)17(6-11(18)19)7-13(14,15)16/h3-5H,6-7H2,1-2H3,(H,18,19). The number of amides is 1. The molecule has 0 saturated carbocycles. The van der Waals surface area contributed by atoms with Crippen molar-refractivity contribution in [1.29, 1.82) is 0 Å². The first kappa shape index (κ1) is 16.0. The van der Waals surface area contributed by atoms with Crippen molar-refractivity contribution in [2.45, 2.75) is 20.0 Å². The smallest absolute Gasteiger partial charge is 0.406 e. The summed E-state index contributed by atoms with van der Waals surface area (Å²) < 4.78 is 37.3. The Morgan fingerprint density at radius 3 is 2.35 bits per heavy atom. The molecule has 0 bridgehead atoms. The maximum absolute atomic E-state index is 12.4. The first-order valence-corrected chi connectivity index (χ1v) is 5.76. The zero-order chi connectivity index (χ0) is 15.5. The number of hydrogen-bond donors (Lipinski definition) is 1. The van der Waals surface area contributed by atoms with Gasteiger partial charge in [-0.3, -0.25) is 9.59 Å². The second-order valence-corrected chi connectivity index (χ2v) is 4.42. The number of carboxylic acids is 1. The lowest BCUT2D eigenvalue weighted by molar-refractivity contribution is -0.149. The third-order valence-corrected chi connectivity index (χ3v) is 2.82. The number of carboxylic acid groups (broad SMARTS) is 1. The average molecular weight is 289 g/mol. The number of aryl methyl sites for hydroxylation is 1. The number of nitrogens with zero attached hydrogens (tertiary/aromatic N) is 1. The highest BCUT2D eigenvalue weighted by atomic mass is 19.4. The molecule has 0 aliphatic heterocycles. The van der Waals surface area contributed by atoms with Crippen molar-refractivity contribution in [2.75, 3.05) is 13.1 Å².